The average Bonchev–Trinajstić information content (AvgIpc) is 2.47. The smallest absolute Gasteiger partial charge is 0.123 e. The van der Waals surface area contributed by atoms with E-state index in [1.807, 2.05) is 24.3 Å². The minimum atomic E-state index is -0.205. The van der Waals surface area contributed by atoms with Crippen molar-refractivity contribution in [1.82, 2.24) is 0 Å². The van der Waals surface area contributed by atoms with Crippen molar-refractivity contribution in [2.45, 2.75) is 18.6 Å². The summed E-state index contributed by atoms with van der Waals surface area (Å²) in [5.74, 6) is -0.205. The Labute approximate surface area is 112 Å². The van der Waals surface area contributed by atoms with Crippen LogP contribution in [0.5, 0.6) is 0 Å². The van der Waals surface area contributed by atoms with Gasteiger partial charge in [0.25, 0.3) is 0 Å². The van der Waals surface area contributed by atoms with Crippen LogP contribution < -0.4 is 5.32 Å². The molecule has 1 aliphatic heterocycles. The van der Waals surface area contributed by atoms with Crippen LogP contribution in [0.4, 0.5) is 10.1 Å². The van der Waals surface area contributed by atoms with Gasteiger partial charge in [0, 0.05) is 24.8 Å². The lowest BCUT2D eigenvalue weighted by Crippen LogP contribution is -2.22. The molecule has 3 rings (SSSR count). The number of rotatable bonds is 2. The lowest BCUT2D eigenvalue weighted by molar-refractivity contribution is 0.0879. The van der Waals surface area contributed by atoms with Gasteiger partial charge in [-0.25, -0.2) is 4.39 Å². The normalized spacial score (nSPS) is 21.6. The lowest BCUT2D eigenvalue weighted by atomic mass is 9.91. The summed E-state index contributed by atoms with van der Waals surface area (Å²) in [4.78, 5) is 0. The van der Waals surface area contributed by atoms with E-state index in [1.165, 1.54) is 17.7 Å². The van der Waals surface area contributed by atoms with Crippen LogP contribution in [0.3, 0.4) is 0 Å². The Morgan fingerprint density at radius 1 is 1.11 bits per heavy atom. The van der Waals surface area contributed by atoms with Gasteiger partial charge in [0.2, 0.25) is 0 Å². The largest absolute Gasteiger partial charge is 0.378 e. The van der Waals surface area contributed by atoms with Gasteiger partial charge >= 0.3 is 0 Å². The maximum Gasteiger partial charge on any atom is 0.123 e. The third kappa shape index (κ3) is 2.34. The van der Waals surface area contributed by atoms with Gasteiger partial charge < -0.3 is 10.1 Å². The van der Waals surface area contributed by atoms with E-state index in [2.05, 4.69) is 17.4 Å². The Kier molecular flexibility index (Phi) is 3.22. The summed E-state index contributed by atoms with van der Waals surface area (Å²) in [5.41, 5.74) is 3.36. The Hall–Kier alpha value is -1.87. The van der Waals surface area contributed by atoms with Crippen LogP contribution in [-0.2, 0) is 4.74 Å². The molecule has 2 unspecified atom stereocenters. The van der Waals surface area contributed by atoms with E-state index in [0.29, 0.717) is 0 Å². The van der Waals surface area contributed by atoms with Gasteiger partial charge in [-0.3, -0.25) is 0 Å². The van der Waals surface area contributed by atoms with Crippen LogP contribution in [0.15, 0.2) is 48.5 Å². The van der Waals surface area contributed by atoms with Crippen molar-refractivity contribution in [2.24, 2.45) is 0 Å². The molecule has 0 saturated heterocycles. The van der Waals surface area contributed by atoms with E-state index in [1.54, 1.807) is 7.11 Å². The number of halogens is 1. The highest BCUT2D eigenvalue weighted by atomic mass is 19.1. The van der Waals surface area contributed by atoms with Gasteiger partial charge in [-0.2, -0.15) is 0 Å². The Balaban J connectivity index is 1.93. The minimum absolute atomic E-state index is 0.0764. The average molecular weight is 257 g/mol. The summed E-state index contributed by atoms with van der Waals surface area (Å²) in [6.45, 7) is 0. The molecule has 0 radical (unpaired) electrons. The monoisotopic (exact) mass is 257 g/mol. The van der Waals surface area contributed by atoms with Crippen molar-refractivity contribution in [3.63, 3.8) is 0 Å². The van der Waals surface area contributed by atoms with Crippen LogP contribution >= 0.6 is 0 Å². The highest BCUT2D eigenvalue weighted by molar-refractivity contribution is 5.56. The molecule has 2 aromatic carbocycles. The van der Waals surface area contributed by atoms with Crippen molar-refractivity contribution in [3.8, 4) is 0 Å². The first-order valence-corrected chi connectivity index (χ1v) is 6.41. The van der Waals surface area contributed by atoms with E-state index in [9.17, 15) is 4.39 Å². The van der Waals surface area contributed by atoms with Crippen LogP contribution in [0.25, 0.3) is 0 Å². The van der Waals surface area contributed by atoms with Gasteiger partial charge in [0.15, 0.2) is 0 Å². The third-order valence-electron chi connectivity index (χ3n) is 3.64. The Bertz CT molecular complexity index is 567. The molecule has 0 aromatic heterocycles. The molecule has 0 aliphatic carbocycles. The molecule has 98 valence electrons. The van der Waals surface area contributed by atoms with Gasteiger partial charge in [-0.05, 0) is 23.8 Å². The SMILES string of the molecule is COC1CC(c2ccc(F)cc2)Nc2ccccc21. The molecule has 0 fully saturated rings. The minimum Gasteiger partial charge on any atom is -0.378 e. The number of anilines is 1. The number of hydrogen-bond acceptors (Lipinski definition) is 2. The maximum absolute atomic E-state index is 13.0. The van der Waals surface area contributed by atoms with Crippen LogP contribution in [-0.4, -0.2) is 7.11 Å². The molecular formula is C16H16FNO. The molecule has 2 nitrogen and oxygen atoms in total. The molecule has 0 amide bonds. The standard InChI is InChI=1S/C16H16FNO/c1-19-16-10-15(11-6-8-12(17)9-7-11)18-14-5-3-2-4-13(14)16/h2-9,15-16,18H,10H2,1H3. The first kappa shape index (κ1) is 12.2. The van der Waals surface area contributed by atoms with E-state index in [-0.39, 0.29) is 18.0 Å². The summed E-state index contributed by atoms with van der Waals surface area (Å²) < 4.78 is 18.6. The summed E-state index contributed by atoms with van der Waals surface area (Å²) in [5, 5.41) is 3.49. The second kappa shape index (κ2) is 5.02. The molecule has 2 aromatic rings. The van der Waals surface area contributed by atoms with Crippen molar-refractivity contribution < 1.29 is 9.13 Å². The van der Waals surface area contributed by atoms with E-state index < -0.39 is 0 Å². The Morgan fingerprint density at radius 2 is 1.84 bits per heavy atom. The van der Waals surface area contributed by atoms with E-state index >= 15 is 0 Å². The van der Waals surface area contributed by atoms with Gasteiger partial charge in [-0.1, -0.05) is 30.3 Å². The molecular weight excluding hydrogens is 241 g/mol. The first-order chi connectivity index (χ1) is 9.28. The van der Waals surface area contributed by atoms with E-state index in [4.69, 9.17) is 4.74 Å². The van der Waals surface area contributed by atoms with Gasteiger partial charge in [0.05, 0.1) is 12.1 Å². The zero-order valence-electron chi connectivity index (χ0n) is 10.8. The fourth-order valence-electron chi connectivity index (χ4n) is 2.63. The fraction of sp³-hybridized carbons (Fsp3) is 0.250. The van der Waals surface area contributed by atoms with Crippen LogP contribution in [0.2, 0.25) is 0 Å². The molecule has 1 N–H and O–H groups in total. The quantitative estimate of drug-likeness (QED) is 0.875. The number of para-hydroxylation sites is 1. The van der Waals surface area contributed by atoms with Crippen molar-refractivity contribution in [3.05, 3.63) is 65.5 Å². The molecule has 1 aliphatic rings. The number of hydrogen-bond donors (Lipinski definition) is 1. The van der Waals surface area contributed by atoms with Crippen LogP contribution in [0.1, 0.15) is 29.7 Å². The zero-order chi connectivity index (χ0) is 13.2. The summed E-state index contributed by atoms with van der Waals surface area (Å²) in [6.07, 6.45) is 0.923. The molecule has 0 spiro atoms. The van der Waals surface area contributed by atoms with Crippen molar-refractivity contribution in [1.29, 1.82) is 0 Å². The third-order valence-corrected chi connectivity index (χ3v) is 3.64. The number of benzene rings is 2. The van der Waals surface area contributed by atoms with Crippen molar-refractivity contribution in [2.75, 3.05) is 12.4 Å². The molecule has 2 atom stereocenters. The predicted octanol–water partition coefficient (Wildman–Crippen LogP) is 4.07. The highest BCUT2D eigenvalue weighted by Gasteiger charge is 2.26. The summed E-state index contributed by atoms with van der Waals surface area (Å²) in [7, 11) is 1.73. The van der Waals surface area contributed by atoms with Gasteiger partial charge in [0.1, 0.15) is 5.82 Å². The number of fused-ring (bicyclic) bond motifs is 1. The second-order valence-corrected chi connectivity index (χ2v) is 4.80. The summed E-state index contributed by atoms with van der Waals surface area (Å²) >= 11 is 0. The summed E-state index contributed by atoms with van der Waals surface area (Å²) in [6, 6.07) is 15.0. The fourth-order valence-corrected chi connectivity index (χ4v) is 2.63. The molecule has 3 heteroatoms. The second-order valence-electron chi connectivity index (χ2n) is 4.80. The Morgan fingerprint density at radius 3 is 2.58 bits per heavy atom. The zero-order valence-corrected chi connectivity index (χ0v) is 10.8. The lowest BCUT2D eigenvalue weighted by Gasteiger charge is -2.32. The van der Waals surface area contributed by atoms with Crippen LogP contribution in [0, 0.1) is 5.82 Å². The predicted molar refractivity (Wildman–Crippen MR) is 73.6 cm³/mol. The molecule has 1 heterocycles. The molecule has 0 saturated carbocycles. The van der Waals surface area contributed by atoms with E-state index in [0.717, 1.165) is 17.7 Å². The number of nitrogens with one attached hydrogen (secondary N) is 1. The number of methoxy groups -OCH3 is 1. The number of ether oxygens (including phenoxy) is 1. The van der Waals surface area contributed by atoms with Gasteiger partial charge in [-0.15, -0.1) is 0 Å². The molecule has 19 heavy (non-hydrogen) atoms. The molecule has 0 bridgehead atoms. The maximum atomic E-state index is 13.0. The highest BCUT2D eigenvalue weighted by Crippen LogP contribution is 2.40. The first-order valence-electron chi connectivity index (χ1n) is 6.41. The van der Waals surface area contributed by atoms with Crippen molar-refractivity contribution >= 4 is 5.69 Å². The topological polar surface area (TPSA) is 21.3 Å².